The van der Waals surface area contributed by atoms with Crippen molar-refractivity contribution in [3.05, 3.63) is 52.9 Å². The van der Waals surface area contributed by atoms with Gasteiger partial charge in [0.05, 0.1) is 4.88 Å². The first-order valence-electron chi connectivity index (χ1n) is 8.34. The molecule has 1 N–H and O–H groups in total. The lowest BCUT2D eigenvalue weighted by Crippen LogP contribution is -2.28. The van der Waals surface area contributed by atoms with Crippen LogP contribution in [0.25, 0.3) is 10.3 Å². The SMILES string of the molecule is CNC(=O)c1sc2nccnc2c1[C@H]1CCN(C(=O)c2ccncc2)C1. The van der Waals surface area contributed by atoms with Crippen molar-refractivity contribution in [1.29, 1.82) is 0 Å². The molecule has 0 unspecified atom stereocenters. The second-order valence-electron chi connectivity index (χ2n) is 6.11. The van der Waals surface area contributed by atoms with Gasteiger partial charge >= 0.3 is 0 Å². The van der Waals surface area contributed by atoms with E-state index in [1.54, 1.807) is 44.0 Å². The van der Waals surface area contributed by atoms with E-state index in [1.165, 1.54) is 11.3 Å². The average Bonchev–Trinajstić information content (AvgIpc) is 3.32. The maximum atomic E-state index is 12.7. The van der Waals surface area contributed by atoms with Gasteiger partial charge in [-0.05, 0) is 18.6 Å². The molecule has 26 heavy (non-hydrogen) atoms. The summed E-state index contributed by atoms with van der Waals surface area (Å²) < 4.78 is 0. The van der Waals surface area contributed by atoms with Crippen molar-refractivity contribution in [1.82, 2.24) is 25.2 Å². The fourth-order valence-corrected chi connectivity index (χ4v) is 4.50. The second kappa shape index (κ2) is 6.80. The topological polar surface area (TPSA) is 88.1 Å². The molecule has 0 spiro atoms. The zero-order valence-corrected chi connectivity index (χ0v) is 15.0. The van der Waals surface area contributed by atoms with Crippen LogP contribution in [0.15, 0.2) is 36.9 Å². The third kappa shape index (κ3) is 2.82. The number of pyridine rings is 1. The summed E-state index contributed by atoms with van der Waals surface area (Å²) in [6.07, 6.45) is 7.30. The third-order valence-corrected chi connectivity index (χ3v) is 5.71. The summed E-state index contributed by atoms with van der Waals surface area (Å²) in [5.41, 5.74) is 2.30. The minimum atomic E-state index is -0.135. The van der Waals surface area contributed by atoms with Crippen LogP contribution in [0, 0.1) is 0 Å². The largest absolute Gasteiger partial charge is 0.354 e. The van der Waals surface area contributed by atoms with Crippen LogP contribution < -0.4 is 5.32 Å². The van der Waals surface area contributed by atoms with E-state index < -0.39 is 0 Å². The summed E-state index contributed by atoms with van der Waals surface area (Å²) in [4.78, 5) is 41.0. The predicted molar refractivity (Wildman–Crippen MR) is 98.3 cm³/mol. The van der Waals surface area contributed by atoms with Crippen molar-refractivity contribution in [2.45, 2.75) is 12.3 Å². The van der Waals surface area contributed by atoms with Crippen LogP contribution >= 0.6 is 11.3 Å². The Hall–Kier alpha value is -2.87. The van der Waals surface area contributed by atoms with E-state index >= 15 is 0 Å². The standard InChI is InChI=1S/C18H17N5O2S/c1-19-16(24)15-13(14-17(26-15)22-8-7-21-14)12-4-9-23(10-12)18(25)11-2-5-20-6-3-11/h2-3,5-8,12H,4,9-10H2,1H3,(H,19,24)/t12-/m0/s1. The molecule has 0 bridgehead atoms. The first-order valence-corrected chi connectivity index (χ1v) is 9.15. The smallest absolute Gasteiger partial charge is 0.261 e. The van der Waals surface area contributed by atoms with Gasteiger partial charge in [0.15, 0.2) is 0 Å². The van der Waals surface area contributed by atoms with Gasteiger partial charge in [0.1, 0.15) is 10.3 Å². The van der Waals surface area contributed by atoms with Gasteiger partial charge in [-0.3, -0.25) is 19.6 Å². The Morgan fingerprint density at radius 2 is 1.96 bits per heavy atom. The van der Waals surface area contributed by atoms with E-state index in [-0.39, 0.29) is 17.7 Å². The molecule has 0 aromatic carbocycles. The number of thiophene rings is 1. The minimum Gasteiger partial charge on any atom is -0.354 e. The first kappa shape index (κ1) is 16.6. The molecule has 3 aromatic rings. The summed E-state index contributed by atoms with van der Waals surface area (Å²) in [7, 11) is 1.62. The maximum Gasteiger partial charge on any atom is 0.261 e. The fraction of sp³-hybridized carbons (Fsp3) is 0.278. The Balaban J connectivity index is 1.67. The van der Waals surface area contributed by atoms with E-state index in [9.17, 15) is 9.59 Å². The molecule has 8 heteroatoms. The van der Waals surface area contributed by atoms with E-state index in [0.717, 1.165) is 22.3 Å². The molecule has 1 atom stereocenters. The van der Waals surface area contributed by atoms with Gasteiger partial charge in [-0.25, -0.2) is 4.98 Å². The van der Waals surface area contributed by atoms with Gasteiger partial charge in [-0.1, -0.05) is 0 Å². The highest BCUT2D eigenvalue weighted by atomic mass is 32.1. The van der Waals surface area contributed by atoms with Gasteiger partial charge in [0, 0.05) is 62.0 Å². The Morgan fingerprint density at radius 3 is 2.73 bits per heavy atom. The maximum absolute atomic E-state index is 12.7. The summed E-state index contributed by atoms with van der Waals surface area (Å²) in [6, 6.07) is 3.44. The number of nitrogens with zero attached hydrogens (tertiary/aromatic N) is 4. The average molecular weight is 367 g/mol. The quantitative estimate of drug-likeness (QED) is 0.766. The van der Waals surface area contributed by atoms with Crippen molar-refractivity contribution in [2.24, 2.45) is 0 Å². The number of carbonyl (C=O) groups excluding carboxylic acids is 2. The first-order chi connectivity index (χ1) is 12.7. The third-order valence-electron chi connectivity index (χ3n) is 4.61. The van der Waals surface area contributed by atoms with E-state index in [2.05, 4.69) is 20.3 Å². The van der Waals surface area contributed by atoms with E-state index in [1.807, 2.05) is 4.90 Å². The van der Waals surface area contributed by atoms with Crippen molar-refractivity contribution >= 4 is 33.5 Å². The zero-order valence-electron chi connectivity index (χ0n) is 14.2. The van der Waals surface area contributed by atoms with Crippen LogP contribution in [-0.2, 0) is 0 Å². The zero-order chi connectivity index (χ0) is 18.1. The molecule has 1 aliphatic rings. The Kier molecular flexibility index (Phi) is 4.34. The predicted octanol–water partition coefficient (Wildman–Crippen LogP) is 2.08. The number of rotatable bonds is 3. The fourth-order valence-electron chi connectivity index (χ4n) is 3.36. The van der Waals surface area contributed by atoms with Crippen LogP contribution in [0.2, 0.25) is 0 Å². The summed E-state index contributed by atoms with van der Waals surface area (Å²) in [5.74, 6) is -0.0794. The molecule has 0 aliphatic carbocycles. The monoisotopic (exact) mass is 367 g/mol. The van der Waals surface area contributed by atoms with Crippen molar-refractivity contribution in [3.63, 3.8) is 0 Å². The Morgan fingerprint density at radius 1 is 1.19 bits per heavy atom. The summed E-state index contributed by atoms with van der Waals surface area (Å²) in [6.45, 7) is 1.21. The molecule has 132 valence electrons. The summed E-state index contributed by atoms with van der Waals surface area (Å²) in [5, 5.41) is 2.69. The van der Waals surface area contributed by atoms with E-state index in [0.29, 0.717) is 23.5 Å². The molecule has 3 aromatic heterocycles. The van der Waals surface area contributed by atoms with Gasteiger partial charge in [-0.2, -0.15) is 0 Å². The number of nitrogens with one attached hydrogen (secondary N) is 1. The number of amides is 2. The van der Waals surface area contributed by atoms with Crippen molar-refractivity contribution in [2.75, 3.05) is 20.1 Å². The van der Waals surface area contributed by atoms with Gasteiger partial charge < -0.3 is 10.2 Å². The van der Waals surface area contributed by atoms with Crippen LogP contribution in [0.4, 0.5) is 0 Å². The van der Waals surface area contributed by atoms with Gasteiger partial charge in [-0.15, -0.1) is 11.3 Å². The summed E-state index contributed by atoms with van der Waals surface area (Å²) >= 11 is 1.35. The highest BCUT2D eigenvalue weighted by molar-refractivity contribution is 7.20. The number of aromatic nitrogens is 3. The normalized spacial score (nSPS) is 16.8. The van der Waals surface area contributed by atoms with E-state index in [4.69, 9.17) is 0 Å². The van der Waals surface area contributed by atoms with Crippen molar-refractivity contribution in [3.8, 4) is 0 Å². The highest BCUT2D eigenvalue weighted by Crippen LogP contribution is 2.38. The second-order valence-corrected chi connectivity index (χ2v) is 7.11. The highest BCUT2D eigenvalue weighted by Gasteiger charge is 2.33. The Labute approximate surface area is 154 Å². The Bertz CT molecular complexity index is 972. The van der Waals surface area contributed by atoms with Crippen LogP contribution in [0.3, 0.4) is 0 Å². The van der Waals surface area contributed by atoms with Crippen LogP contribution in [0.5, 0.6) is 0 Å². The molecule has 4 heterocycles. The molecule has 1 saturated heterocycles. The van der Waals surface area contributed by atoms with Crippen LogP contribution in [-0.4, -0.2) is 51.8 Å². The van der Waals surface area contributed by atoms with Crippen molar-refractivity contribution < 1.29 is 9.59 Å². The number of hydrogen-bond acceptors (Lipinski definition) is 6. The lowest BCUT2D eigenvalue weighted by atomic mass is 9.97. The minimum absolute atomic E-state index is 0.0120. The van der Waals surface area contributed by atoms with Crippen LogP contribution in [0.1, 0.15) is 37.9 Å². The molecular formula is C18H17N5O2S. The number of carbonyl (C=O) groups is 2. The molecule has 1 fully saturated rings. The molecule has 4 rings (SSSR count). The molecule has 7 nitrogen and oxygen atoms in total. The number of hydrogen-bond donors (Lipinski definition) is 1. The molecule has 1 aliphatic heterocycles. The van der Waals surface area contributed by atoms with Gasteiger partial charge in [0.25, 0.3) is 11.8 Å². The molecule has 0 saturated carbocycles. The lowest BCUT2D eigenvalue weighted by molar-refractivity contribution is 0.0790. The van der Waals surface area contributed by atoms with Gasteiger partial charge in [0.2, 0.25) is 0 Å². The molecular weight excluding hydrogens is 350 g/mol. The number of fused-ring (bicyclic) bond motifs is 1. The number of likely N-dealkylation sites (tertiary alicyclic amines) is 1. The molecule has 0 radical (unpaired) electrons. The molecule has 2 amide bonds. The lowest BCUT2D eigenvalue weighted by Gasteiger charge is -2.17.